The summed E-state index contributed by atoms with van der Waals surface area (Å²) in [6.07, 6.45) is 4.96. The summed E-state index contributed by atoms with van der Waals surface area (Å²) in [5.41, 5.74) is 4.83. The molecule has 0 radical (unpaired) electrons. The van der Waals surface area contributed by atoms with Crippen molar-refractivity contribution in [3.63, 3.8) is 0 Å². The molecule has 1 aliphatic rings. The lowest BCUT2D eigenvalue weighted by Crippen LogP contribution is -2.36. The molecule has 11 nitrogen and oxygen atoms in total. The quantitative estimate of drug-likeness (QED) is 0.287. The molecular weight excluding hydrogens is 476 g/mol. The van der Waals surface area contributed by atoms with Gasteiger partial charge in [-0.05, 0) is 6.07 Å². The zero-order chi connectivity index (χ0) is 25.4. The second-order valence-electron chi connectivity index (χ2n) is 8.95. The molecule has 6 rings (SSSR count). The summed E-state index contributed by atoms with van der Waals surface area (Å²) >= 11 is 0. The van der Waals surface area contributed by atoms with Gasteiger partial charge in [-0.25, -0.2) is 9.67 Å². The molecular formula is C26H26N6O5. The summed E-state index contributed by atoms with van der Waals surface area (Å²) in [5, 5.41) is 36.5. The standard InChI is InChI=1S/C26H26N6O5/c33-26(34,35)7-9-31-17-19(16-27-31)23-14-21-25(37-23)22(30-10-12-36-13-11-30)15-24(28-21)32-8-6-20(29-32)18-4-2-1-3-5-18/h1-6,8,14-17,33-35H,7,9-13H2. The van der Waals surface area contributed by atoms with E-state index in [0.717, 1.165) is 30.0 Å². The van der Waals surface area contributed by atoms with Crippen molar-refractivity contribution in [2.75, 3.05) is 31.2 Å². The van der Waals surface area contributed by atoms with Crippen LogP contribution in [-0.2, 0) is 11.3 Å². The number of anilines is 1. The van der Waals surface area contributed by atoms with Gasteiger partial charge in [-0.3, -0.25) is 4.68 Å². The number of pyridine rings is 1. The van der Waals surface area contributed by atoms with E-state index in [1.54, 1.807) is 17.1 Å². The molecule has 3 N–H and O–H groups in total. The first kappa shape index (κ1) is 23.4. The van der Waals surface area contributed by atoms with Crippen LogP contribution in [0.3, 0.4) is 0 Å². The Labute approximate surface area is 211 Å². The molecule has 4 aromatic heterocycles. The third-order valence-corrected chi connectivity index (χ3v) is 6.29. The molecule has 1 fully saturated rings. The van der Waals surface area contributed by atoms with Crippen LogP contribution in [-0.4, -0.2) is 72.1 Å². The van der Waals surface area contributed by atoms with Crippen molar-refractivity contribution in [2.45, 2.75) is 18.9 Å². The minimum Gasteiger partial charge on any atom is -0.452 e. The lowest BCUT2D eigenvalue weighted by molar-refractivity contribution is -0.315. The van der Waals surface area contributed by atoms with Gasteiger partial charge in [-0.1, -0.05) is 30.3 Å². The fourth-order valence-electron chi connectivity index (χ4n) is 4.38. The van der Waals surface area contributed by atoms with E-state index >= 15 is 0 Å². The Kier molecular flexibility index (Phi) is 5.97. The Hall–Kier alpha value is -4.03. The van der Waals surface area contributed by atoms with E-state index in [1.807, 2.05) is 54.7 Å². The molecule has 0 unspecified atom stereocenters. The lowest BCUT2D eigenvalue weighted by atomic mass is 10.2. The second kappa shape index (κ2) is 9.45. The van der Waals surface area contributed by atoms with E-state index in [-0.39, 0.29) is 13.0 Å². The fourth-order valence-corrected chi connectivity index (χ4v) is 4.38. The molecule has 11 heteroatoms. The van der Waals surface area contributed by atoms with Gasteiger partial charge < -0.3 is 29.4 Å². The molecule has 0 spiro atoms. The number of nitrogens with zero attached hydrogens (tertiary/aromatic N) is 6. The fraction of sp³-hybridized carbons (Fsp3) is 0.269. The summed E-state index contributed by atoms with van der Waals surface area (Å²) < 4.78 is 15.1. The van der Waals surface area contributed by atoms with Crippen LogP contribution in [0.15, 0.2) is 71.5 Å². The van der Waals surface area contributed by atoms with Crippen LogP contribution in [0.2, 0.25) is 0 Å². The third-order valence-electron chi connectivity index (χ3n) is 6.29. The first-order chi connectivity index (χ1) is 17.9. The highest BCUT2D eigenvalue weighted by Crippen LogP contribution is 2.35. The van der Waals surface area contributed by atoms with Gasteiger partial charge in [0.2, 0.25) is 0 Å². The summed E-state index contributed by atoms with van der Waals surface area (Å²) in [7, 11) is 0. The number of hydrogen-bond acceptors (Lipinski definition) is 9. The van der Waals surface area contributed by atoms with E-state index in [4.69, 9.17) is 34.6 Å². The van der Waals surface area contributed by atoms with Crippen molar-refractivity contribution in [2.24, 2.45) is 0 Å². The number of aliphatic hydroxyl groups is 3. The van der Waals surface area contributed by atoms with Crippen molar-refractivity contribution < 1.29 is 24.5 Å². The maximum absolute atomic E-state index is 9.16. The minimum absolute atomic E-state index is 0.119. The van der Waals surface area contributed by atoms with Gasteiger partial charge in [0.25, 0.3) is 5.97 Å². The molecule has 0 amide bonds. The molecule has 0 bridgehead atoms. The Balaban J connectivity index is 1.38. The number of hydrogen-bond donors (Lipinski definition) is 3. The number of ether oxygens (including phenoxy) is 1. The van der Waals surface area contributed by atoms with Gasteiger partial charge in [-0.2, -0.15) is 10.2 Å². The monoisotopic (exact) mass is 502 g/mol. The smallest absolute Gasteiger partial charge is 0.277 e. The number of furan rings is 1. The Morgan fingerprint density at radius 1 is 0.973 bits per heavy atom. The zero-order valence-corrected chi connectivity index (χ0v) is 19.9. The zero-order valence-electron chi connectivity index (χ0n) is 19.9. The predicted octanol–water partition coefficient (Wildman–Crippen LogP) is 2.40. The maximum Gasteiger partial charge on any atom is 0.277 e. The lowest BCUT2D eigenvalue weighted by Gasteiger charge is -2.28. The van der Waals surface area contributed by atoms with Crippen LogP contribution in [0, 0.1) is 0 Å². The first-order valence-electron chi connectivity index (χ1n) is 12.0. The number of morpholine rings is 1. The minimum atomic E-state index is -2.74. The molecule has 0 aliphatic carbocycles. The van der Waals surface area contributed by atoms with Crippen LogP contribution >= 0.6 is 0 Å². The topological polar surface area (TPSA) is 135 Å². The normalized spacial score (nSPS) is 14.5. The van der Waals surface area contributed by atoms with Crippen molar-refractivity contribution >= 4 is 16.8 Å². The van der Waals surface area contributed by atoms with Gasteiger partial charge in [0.1, 0.15) is 11.3 Å². The number of rotatable bonds is 7. The summed E-state index contributed by atoms with van der Waals surface area (Å²) in [6, 6.07) is 15.8. The maximum atomic E-state index is 9.16. The number of aryl methyl sites for hydroxylation is 1. The largest absolute Gasteiger partial charge is 0.452 e. The van der Waals surface area contributed by atoms with Crippen LogP contribution in [0.4, 0.5) is 5.69 Å². The molecule has 1 saturated heterocycles. The number of aromatic nitrogens is 5. The van der Waals surface area contributed by atoms with Crippen LogP contribution in [0.25, 0.3) is 39.5 Å². The average Bonchev–Trinajstić information content (AvgIpc) is 3.67. The molecule has 5 heterocycles. The highest BCUT2D eigenvalue weighted by molar-refractivity contribution is 5.91. The van der Waals surface area contributed by atoms with Crippen molar-refractivity contribution in [1.82, 2.24) is 24.5 Å². The van der Waals surface area contributed by atoms with Crippen LogP contribution in [0.1, 0.15) is 6.42 Å². The van der Waals surface area contributed by atoms with E-state index in [1.165, 1.54) is 4.68 Å². The van der Waals surface area contributed by atoms with Gasteiger partial charge >= 0.3 is 0 Å². The molecule has 5 aromatic rings. The van der Waals surface area contributed by atoms with Crippen molar-refractivity contribution in [3.8, 4) is 28.4 Å². The molecule has 190 valence electrons. The SMILES string of the molecule is OC(O)(O)CCn1cc(-c2cc3nc(-n4ccc(-c5ccccc5)n4)cc(N4CCOCC4)c3o2)cn1. The predicted molar refractivity (Wildman–Crippen MR) is 135 cm³/mol. The van der Waals surface area contributed by atoms with Gasteiger partial charge in [-0.15, -0.1) is 0 Å². The summed E-state index contributed by atoms with van der Waals surface area (Å²) in [5.74, 6) is -1.50. The van der Waals surface area contributed by atoms with E-state index in [0.29, 0.717) is 41.5 Å². The highest BCUT2D eigenvalue weighted by atomic mass is 16.7. The summed E-state index contributed by atoms with van der Waals surface area (Å²) in [6.45, 7) is 2.83. The number of benzene rings is 1. The van der Waals surface area contributed by atoms with Gasteiger partial charge in [0, 0.05) is 56.1 Å². The average molecular weight is 503 g/mol. The molecule has 0 saturated carbocycles. The Bertz CT molecular complexity index is 1510. The molecule has 1 aliphatic heterocycles. The molecule has 0 atom stereocenters. The van der Waals surface area contributed by atoms with Crippen LogP contribution in [0.5, 0.6) is 0 Å². The Morgan fingerprint density at radius 3 is 2.57 bits per heavy atom. The van der Waals surface area contributed by atoms with E-state index in [2.05, 4.69) is 10.00 Å². The van der Waals surface area contributed by atoms with Gasteiger partial charge in [0.15, 0.2) is 11.4 Å². The van der Waals surface area contributed by atoms with Crippen molar-refractivity contribution in [3.05, 3.63) is 67.1 Å². The first-order valence-corrected chi connectivity index (χ1v) is 12.0. The van der Waals surface area contributed by atoms with E-state index in [9.17, 15) is 0 Å². The second-order valence-corrected chi connectivity index (χ2v) is 8.95. The van der Waals surface area contributed by atoms with Crippen LogP contribution < -0.4 is 4.90 Å². The van der Waals surface area contributed by atoms with Crippen molar-refractivity contribution in [1.29, 1.82) is 0 Å². The number of fused-ring (bicyclic) bond motifs is 1. The van der Waals surface area contributed by atoms with Gasteiger partial charge in [0.05, 0.1) is 36.4 Å². The third kappa shape index (κ3) is 4.98. The summed E-state index contributed by atoms with van der Waals surface area (Å²) in [4.78, 5) is 7.07. The van der Waals surface area contributed by atoms with E-state index < -0.39 is 5.97 Å². The molecule has 1 aromatic carbocycles. The highest BCUT2D eigenvalue weighted by Gasteiger charge is 2.22. The molecule has 37 heavy (non-hydrogen) atoms. The Morgan fingerprint density at radius 2 is 1.78 bits per heavy atom.